The van der Waals surface area contributed by atoms with Crippen molar-refractivity contribution in [3.63, 3.8) is 0 Å². The van der Waals surface area contributed by atoms with E-state index < -0.39 is 11.6 Å². The van der Waals surface area contributed by atoms with Crippen molar-refractivity contribution < 1.29 is 23.0 Å². The Morgan fingerprint density at radius 1 is 1.17 bits per heavy atom. The molecule has 0 aliphatic rings. The molecular weight excluding hydrogens is 398 g/mol. The van der Waals surface area contributed by atoms with Gasteiger partial charge in [0.05, 0.1) is 7.11 Å². The summed E-state index contributed by atoms with van der Waals surface area (Å²) >= 11 is 1.34. The number of thiazole rings is 1. The summed E-state index contributed by atoms with van der Waals surface area (Å²) in [7, 11) is 1.48. The summed E-state index contributed by atoms with van der Waals surface area (Å²) in [5, 5.41) is 5.14. The van der Waals surface area contributed by atoms with E-state index in [1.54, 1.807) is 23.6 Å². The Labute approximate surface area is 171 Å². The number of benzene rings is 2. The summed E-state index contributed by atoms with van der Waals surface area (Å²) in [5.74, 6) is -0.506. The number of carbonyl (C=O) groups is 1. The smallest absolute Gasteiger partial charge is 0.270 e. The van der Waals surface area contributed by atoms with Gasteiger partial charge in [-0.05, 0) is 50.2 Å². The first kappa shape index (κ1) is 20.7. The fraction of sp³-hybridized carbons (Fsp3) is 0.238. The summed E-state index contributed by atoms with van der Waals surface area (Å²) < 4.78 is 38.1. The molecule has 3 aromatic rings. The Kier molecular flexibility index (Phi) is 6.43. The molecule has 0 bridgehead atoms. The second-order valence-electron chi connectivity index (χ2n) is 6.56. The van der Waals surface area contributed by atoms with Crippen LogP contribution in [0.4, 0.5) is 8.78 Å². The third-order valence-corrected chi connectivity index (χ3v) is 4.85. The normalized spacial score (nSPS) is 10.8. The van der Waals surface area contributed by atoms with Crippen LogP contribution in [0, 0.1) is 11.6 Å². The van der Waals surface area contributed by atoms with E-state index in [9.17, 15) is 13.6 Å². The molecule has 0 saturated carbocycles. The van der Waals surface area contributed by atoms with Crippen LogP contribution in [0.3, 0.4) is 0 Å². The topological polar surface area (TPSA) is 60.5 Å². The first-order valence-corrected chi connectivity index (χ1v) is 9.77. The molecule has 1 amide bonds. The number of aromatic nitrogens is 1. The number of nitrogens with one attached hydrogen (secondary N) is 1. The van der Waals surface area contributed by atoms with Gasteiger partial charge in [0.1, 0.15) is 28.9 Å². The lowest BCUT2D eigenvalue weighted by atomic mass is 10.2. The predicted octanol–water partition coefficient (Wildman–Crippen LogP) is 4.81. The van der Waals surface area contributed by atoms with Gasteiger partial charge in [-0.15, -0.1) is 11.3 Å². The van der Waals surface area contributed by atoms with Gasteiger partial charge in [-0.25, -0.2) is 13.8 Å². The molecule has 0 aliphatic carbocycles. The predicted molar refractivity (Wildman–Crippen MR) is 107 cm³/mol. The molecule has 1 aromatic heterocycles. The van der Waals surface area contributed by atoms with E-state index in [4.69, 9.17) is 9.47 Å². The number of methoxy groups -OCH3 is 1. The zero-order chi connectivity index (χ0) is 21.0. The van der Waals surface area contributed by atoms with Crippen LogP contribution < -0.4 is 14.8 Å². The molecule has 1 heterocycles. The van der Waals surface area contributed by atoms with E-state index in [1.807, 2.05) is 13.8 Å². The first-order chi connectivity index (χ1) is 13.9. The van der Waals surface area contributed by atoms with Crippen LogP contribution in [0.2, 0.25) is 0 Å². The maximum absolute atomic E-state index is 13.8. The average molecular weight is 418 g/mol. The van der Waals surface area contributed by atoms with Gasteiger partial charge in [0.15, 0.2) is 11.5 Å². The van der Waals surface area contributed by atoms with E-state index in [-0.39, 0.29) is 24.1 Å². The number of ether oxygens (including phenoxy) is 2. The molecule has 152 valence electrons. The van der Waals surface area contributed by atoms with E-state index in [0.717, 1.165) is 23.8 Å². The highest BCUT2D eigenvalue weighted by molar-refractivity contribution is 7.13. The van der Waals surface area contributed by atoms with Crippen LogP contribution in [0.15, 0.2) is 41.8 Å². The van der Waals surface area contributed by atoms with Gasteiger partial charge >= 0.3 is 0 Å². The molecule has 8 heteroatoms. The maximum Gasteiger partial charge on any atom is 0.270 e. The molecule has 0 aliphatic heterocycles. The molecule has 3 rings (SSSR count). The Balaban J connectivity index is 1.78. The van der Waals surface area contributed by atoms with Crippen LogP contribution in [-0.4, -0.2) is 24.0 Å². The SMILES string of the molecule is COc1cc(-c2nc(C(=O)NC(C)C)cs2)ccc1OCc1cc(F)ccc1F. The minimum atomic E-state index is -0.544. The van der Waals surface area contributed by atoms with Gasteiger partial charge in [0.25, 0.3) is 5.91 Å². The van der Waals surface area contributed by atoms with Crippen LogP contribution in [0.25, 0.3) is 10.6 Å². The molecule has 0 spiro atoms. The van der Waals surface area contributed by atoms with E-state index in [1.165, 1.54) is 18.4 Å². The second kappa shape index (κ2) is 9.00. The van der Waals surface area contributed by atoms with E-state index >= 15 is 0 Å². The third-order valence-electron chi connectivity index (χ3n) is 3.96. The van der Waals surface area contributed by atoms with Crippen molar-refractivity contribution in [3.8, 4) is 22.1 Å². The summed E-state index contributed by atoms with van der Waals surface area (Å²) in [6.45, 7) is 3.62. The Hall–Kier alpha value is -3.00. The zero-order valence-corrected chi connectivity index (χ0v) is 17.0. The van der Waals surface area contributed by atoms with E-state index in [2.05, 4.69) is 10.3 Å². The number of hydrogen-bond donors (Lipinski definition) is 1. The van der Waals surface area contributed by atoms with Crippen molar-refractivity contribution in [2.75, 3.05) is 7.11 Å². The van der Waals surface area contributed by atoms with Crippen molar-refractivity contribution >= 4 is 17.2 Å². The number of halogens is 2. The number of carbonyl (C=O) groups excluding carboxylic acids is 1. The number of amides is 1. The lowest BCUT2D eigenvalue weighted by Crippen LogP contribution is -2.30. The van der Waals surface area contributed by atoms with Gasteiger partial charge in [-0.1, -0.05) is 0 Å². The highest BCUT2D eigenvalue weighted by Gasteiger charge is 2.15. The lowest BCUT2D eigenvalue weighted by Gasteiger charge is -2.12. The molecule has 0 radical (unpaired) electrons. The van der Waals surface area contributed by atoms with Crippen LogP contribution in [-0.2, 0) is 6.61 Å². The minimum absolute atomic E-state index is 0.0205. The van der Waals surface area contributed by atoms with Gasteiger partial charge in [0, 0.05) is 22.5 Å². The monoisotopic (exact) mass is 418 g/mol. The summed E-state index contributed by atoms with van der Waals surface area (Å²) in [6.07, 6.45) is 0. The molecule has 0 unspecified atom stereocenters. The first-order valence-electron chi connectivity index (χ1n) is 8.89. The summed E-state index contributed by atoms with van der Waals surface area (Å²) in [5.41, 5.74) is 1.20. The largest absolute Gasteiger partial charge is 0.493 e. The molecule has 2 aromatic carbocycles. The lowest BCUT2D eigenvalue weighted by molar-refractivity contribution is 0.0939. The number of hydrogen-bond acceptors (Lipinski definition) is 5. The number of rotatable bonds is 7. The van der Waals surface area contributed by atoms with Gasteiger partial charge in [0.2, 0.25) is 0 Å². The van der Waals surface area contributed by atoms with Crippen molar-refractivity contribution in [2.45, 2.75) is 26.5 Å². The van der Waals surface area contributed by atoms with Gasteiger partial charge in [-0.2, -0.15) is 0 Å². The molecule has 0 saturated heterocycles. The fourth-order valence-corrected chi connectivity index (χ4v) is 3.37. The fourth-order valence-electron chi connectivity index (χ4n) is 2.58. The Morgan fingerprint density at radius 3 is 2.69 bits per heavy atom. The van der Waals surface area contributed by atoms with Crippen molar-refractivity contribution in [3.05, 3.63) is 64.7 Å². The third kappa shape index (κ3) is 5.08. The number of nitrogens with zero attached hydrogens (tertiary/aromatic N) is 1. The van der Waals surface area contributed by atoms with Crippen LogP contribution in [0.5, 0.6) is 11.5 Å². The second-order valence-corrected chi connectivity index (χ2v) is 7.41. The van der Waals surface area contributed by atoms with E-state index in [0.29, 0.717) is 22.2 Å². The van der Waals surface area contributed by atoms with Crippen molar-refractivity contribution in [2.24, 2.45) is 0 Å². The molecule has 0 atom stereocenters. The van der Waals surface area contributed by atoms with Crippen LogP contribution in [0.1, 0.15) is 29.9 Å². The maximum atomic E-state index is 13.8. The zero-order valence-electron chi connectivity index (χ0n) is 16.2. The molecular formula is C21H20F2N2O3S. The Bertz CT molecular complexity index is 1020. The average Bonchev–Trinajstić information content (AvgIpc) is 3.18. The van der Waals surface area contributed by atoms with Gasteiger partial charge < -0.3 is 14.8 Å². The molecule has 0 fully saturated rings. The quantitative estimate of drug-likeness (QED) is 0.598. The molecule has 1 N–H and O–H groups in total. The Morgan fingerprint density at radius 2 is 1.97 bits per heavy atom. The highest BCUT2D eigenvalue weighted by Crippen LogP contribution is 2.34. The minimum Gasteiger partial charge on any atom is -0.493 e. The molecule has 29 heavy (non-hydrogen) atoms. The summed E-state index contributed by atoms with van der Waals surface area (Å²) in [6, 6.07) is 8.38. The summed E-state index contributed by atoms with van der Waals surface area (Å²) in [4.78, 5) is 16.5. The molecule has 5 nitrogen and oxygen atoms in total. The highest BCUT2D eigenvalue weighted by atomic mass is 32.1. The van der Waals surface area contributed by atoms with Gasteiger partial charge in [-0.3, -0.25) is 4.79 Å². The van der Waals surface area contributed by atoms with Crippen LogP contribution >= 0.6 is 11.3 Å². The van der Waals surface area contributed by atoms with Crippen molar-refractivity contribution in [1.29, 1.82) is 0 Å². The van der Waals surface area contributed by atoms with Crippen molar-refractivity contribution in [1.82, 2.24) is 10.3 Å². The standard InChI is InChI=1S/C21H20F2N2O3S/c1-12(2)24-20(26)17-11-29-21(25-17)13-4-7-18(19(9-13)27-3)28-10-14-8-15(22)5-6-16(14)23/h4-9,11-12H,10H2,1-3H3,(H,24,26).